The van der Waals surface area contributed by atoms with Crippen LogP contribution in [0.2, 0.25) is 0 Å². The summed E-state index contributed by atoms with van der Waals surface area (Å²) in [7, 11) is 1.85. The molecule has 14 heavy (non-hydrogen) atoms. The van der Waals surface area contributed by atoms with Crippen molar-refractivity contribution in [3.05, 3.63) is 35.4 Å². The molecule has 2 unspecified atom stereocenters. The molecule has 0 saturated carbocycles. The average molecular weight is 195 g/mol. The third kappa shape index (κ3) is 3.11. The highest BCUT2D eigenvalue weighted by Crippen LogP contribution is 2.23. The van der Waals surface area contributed by atoms with Crippen LogP contribution >= 0.6 is 0 Å². The molecule has 0 aromatic heterocycles. The summed E-state index contributed by atoms with van der Waals surface area (Å²) in [6.07, 6.45) is -0.336. The van der Waals surface area contributed by atoms with E-state index in [0.29, 0.717) is 6.42 Å². The first-order valence-electron chi connectivity index (χ1n) is 5.01. The molecule has 0 radical (unpaired) electrons. The lowest BCUT2D eigenvalue weighted by Crippen LogP contribution is -2.22. The van der Waals surface area contributed by atoms with Gasteiger partial charge in [-0.2, -0.15) is 0 Å². The second-order valence-electron chi connectivity index (χ2n) is 3.81. The SMILES string of the molecule is CNC(C)CC(F)c1cccc(C)c1. The van der Waals surface area contributed by atoms with Gasteiger partial charge in [-0.1, -0.05) is 29.8 Å². The number of halogens is 1. The van der Waals surface area contributed by atoms with Gasteiger partial charge in [-0.15, -0.1) is 0 Å². The van der Waals surface area contributed by atoms with Crippen LogP contribution in [0.3, 0.4) is 0 Å². The minimum Gasteiger partial charge on any atom is -0.317 e. The first-order chi connectivity index (χ1) is 6.63. The van der Waals surface area contributed by atoms with E-state index in [4.69, 9.17) is 0 Å². The average Bonchev–Trinajstić information content (AvgIpc) is 2.17. The zero-order valence-electron chi connectivity index (χ0n) is 9.05. The fourth-order valence-electron chi connectivity index (χ4n) is 1.43. The van der Waals surface area contributed by atoms with Crippen molar-refractivity contribution in [1.82, 2.24) is 5.32 Å². The van der Waals surface area contributed by atoms with Gasteiger partial charge in [0.05, 0.1) is 0 Å². The molecule has 78 valence electrons. The molecule has 0 aliphatic heterocycles. The van der Waals surface area contributed by atoms with E-state index < -0.39 is 6.17 Å². The molecule has 0 fully saturated rings. The van der Waals surface area contributed by atoms with E-state index in [1.165, 1.54) is 0 Å². The van der Waals surface area contributed by atoms with Gasteiger partial charge in [0.15, 0.2) is 0 Å². The lowest BCUT2D eigenvalue weighted by molar-refractivity contribution is 0.295. The Hall–Kier alpha value is -0.890. The Labute approximate surface area is 85.3 Å². The van der Waals surface area contributed by atoms with Gasteiger partial charge >= 0.3 is 0 Å². The van der Waals surface area contributed by atoms with Crippen LogP contribution in [0.25, 0.3) is 0 Å². The van der Waals surface area contributed by atoms with Crippen molar-refractivity contribution < 1.29 is 4.39 Å². The van der Waals surface area contributed by atoms with Crippen LogP contribution in [0.4, 0.5) is 4.39 Å². The first kappa shape index (κ1) is 11.2. The molecule has 2 atom stereocenters. The molecule has 0 aliphatic rings. The minimum atomic E-state index is -0.864. The van der Waals surface area contributed by atoms with Gasteiger partial charge in [-0.05, 0) is 32.9 Å². The molecule has 0 aliphatic carbocycles. The van der Waals surface area contributed by atoms with E-state index in [2.05, 4.69) is 5.32 Å². The monoisotopic (exact) mass is 195 g/mol. The summed E-state index contributed by atoms with van der Waals surface area (Å²) in [6, 6.07) is 7.86. The maximum Gasteiger partial charge on any atom is 0.127 e. The third-order valence-corrected chi connectivity index (χ3v) is 2.46. The van der Waals surface area contributed by atoms with Crippen LogP contribution in [0, 0.1) is 6.92 Å². The van der Waals surface area contributed by atoms with E-state index in [0.717, 1.165) is 11.1 Å². The van der Waals surface area contributed by atoms with Crippen molar-refractivity contribution in [1.29, 1.82) is 0 Å². The molecule has 0 amide bonds. The van der Waals surface area contributed by atoms with E-state index in [1.54, 1.807) is 0 Å². The Morgan fingerprint density at radius 3 is 2.71 bits per heavy atom. The number of rotatable bonds is 4. The number of nitrogens with one attached hydrogen (secondary N) is 1. The van der Waals surface area contributed by atoms with Crippen molar-refractivity contribution in [3.63, 3.8) is 0 Å². The number of alkyl halides is 1. The van der Waals surface area contributed by atoms with Crippen LogP contribution < -0.4 is 5.32 Å². The number of hydrogen-bond acceptors (Lipinski definition) is 1. The molecular weight excluding hydrogens is 177 g/mol. The first-order valence-corrected chi connectivity index (χ1v) is 5.01. The molecule has 0 saturated heterocycles. The van der Waals surface area contributed by atoms with Gasteiger partial charge in [-0.3, -0.25) is 0 Å². The summed E-state index contributed by atoms with van der Waals surface area (Å²) in [5.41, 5.74) is 1.90. The summed E-state index contributed by atoms with van der Waals surface area (Å²) >= 11 is 0. The quantitative estimate of drug-likeness (QED) is 0.778. The molecule has 1 N–H and O–H groups in total. The van der Waals surface area contributed by atoms with Crippen LogP contribution in [0.5, 0.6) is 0 Å². The summed E-state index contributed by atoms with van der Waals surface area (Å²) in [4.78, 5) is 0. The van der Waals surface area contributed by atoms with Gasteiger partial charge in [0.1, 0.15) is 6.17 Å². The largest absolute Gasteiger partial charge is 0.317 e. The lowest BCUT2D eigenvalue weighted by atomic mass is 10.0. The normalized spacial score (nSPS) is 15.1. The molecule has 0 bridgehead atoms. The fraction of sp³-hybridized carbons (Fsp3) is 0.500. The predicted octanol–water partition coefficient (Wildman–Crippen LogP) is 3.00. The summed E-state index contributed by atoms with van der Waals surface area (Å²) in [5, 5.41) is 3.04. The summed E-state index contributed by atoms with van der Waals surface area (Å²) < 4.78 is 13.7. The van der Waals surface area contributed by atoms with Gasteiger partial charge in [-0.25, -0.2) is 4.39 Å². The topological polar surface area (TPSA) is 12.0 Å². The van der Waals surface area contributed by atoms with Crippen LogP contribution in [0.1, 0.15) is 30.6 Å². The van der Waals surface area contributed by atoms with Crippen molar-refractivity contribution in [2.75, 3.05) is 7.05 Å². The van der Waals surface area contributed by atoms with E-state index in [9.17, 15) is 4.39 Å². The Morgan fingerprint density at radius 1 is 1.43 bits per heavy atom. The fourth-order valence-corrected chi connectivity index (χ4v) is 1.43. The lowest BCUT2D eigenvalue weighted by Gasteiger charge is -2.14. The molecule has 0 heterocycles. The van der Waals surface area contributed by atoms with Crippen molar-refractivity contribution in [2.24, 2.45) is 0 Å². The van der Waals surface area contributed by atoms with E-state index >= 15 is 0 Å². The summed E-state index contributed by atoms with van der Waals surface area (Å²) in [6.45, 7) is 3.97. The van der Waals surface area contributed by atoms with Crippen molar-refractivity contribution in [2.45, 2.75) is 32.5 Å². The number of benzene rings is 1. The second kappa shape index (κ2) is 5.11. The van der Waals surface area contributed by atoms with Gasteiger partial charge < -0.3 is 5.32 Å². The zero-order chi connectivity index (χ0) is 10.6. The smallest absolute Gasteiger partial charge is 0.127 e. The highest BCUT2D eigenvalue weighted by atomic mass is 19.1. The van der Waals surface area contributed by atoms with E-state index in [-0.39, 0.29) is 6.04 Å². The number of aryl methyl sites for hydroxylation is 1. The predicted molar refractivity (Wildman–Crippen MR) is 58.2 cm³/mol. The standard InChI is InChI=1S/C12H18FN/c1-9-5-4-6-11(7-9)12(13)8-10(2)14-3/h4-7,10,12,14H,8H2,1-3H3. The molecule has 1 rings (SSSR count). The Bertz CT molecular complexity index is 285. The Balaban J connectivity index is 2.64. The molecule has 0 spiro atoms. The maximum atomic E-state index is 13.7. The molecule has 1 aromatic rings. The van der Waals surface area contributed by atoms with E-state index in [1.807, 2.05) is 45.2 Å². The van der Waals surface area contributed by atoms with Crippen LogP contribution in [-0.4, -0.2) is 13.1 Å². The van der Waals surface area contributed by atoms with Crippen LogP contribution in [0.15, 0.2) is 24.3 Å². The summed E-state index contributed by atoms with van der Waals surface area (Å²) in [5.74, 6) is 0. The Morgan fingerprint density at radius 2 is 2.14 bits per heavy atom. The van der Waals surface area contributed by atoms with Gasteiger partial charge in [0.2, 0.25) is 0 Å². The van der Waals surface area contributed by atoms with Crippen molar-refractivity contribution >= 4 is 0 Å². The third-order valence-electron chi connectivity index (χ3n) is 2.46. The zero-order valence-corrected chi connectivity index (χ0v) is 9.05. The van der Waals surface area contributed by atoms with Crippen LogP contribution in [-0.2, 0) is 0 Å². The second-order valence-corrected chi connectivity index (χ2v) is 3.81. The van der Waals surface area contributed by atoms with Gasteiger partial charge in [0, 0.05) is 6.04 Å². The molecule has 1 aromatic carbocycles. The van der Waals surface area contributed by atoms with Crippen molar-refractivity contribution in [3.8, 4) is 0 Å². The molecule has 1 nitrogen and oxygen atoms in total. The minimum absolute atomic E-state index is 0.213. The van der Waals surface area contributed by atoms with Gasteiger partial charge in [0.25, 0.3) is 0 Å². The number of hydrogen-bond donors (Lipinski definition) is 1. The Kier molecular flexibility index (Phi) is 4.08. The highest BCUT2D eigenvalue weighted by molar-refractivity contribution is 5.24. The maximum absolute atomic E-state index is 13.7. The molecule has 2 heteroatoms. The molecular formula is C12H18FN. The highest BCUT2D eigenvalue weighted by Gasteiger charge is 2.12.